The SMILES string of the molecule is C=CCSc1nnc(CSc2nc(N)cc(=O)[nH]2)o1. The number of nitrogen functional groups attached to an aromatic ring is 1. The van der Waals surface area contributed by atoms with E-state index in [-0.39, 0.29) is 11.4 Å². The van der Waals surface area contributed by atoms with Crippen molar-refractivity contribution < 1.29 is 4.42 Å². The second-order valence-electron chi connectivity index (χ2n) is 3.33. The molecule has 0 spiro atoms. The Morgan fingerprint density at radius 1 is 1.47 bits per heavy atom. The predicted octanol–water partition coefficient (Wildman–Crippen LogP) is 1.31. The molecular weight excluding hydrogens is 286 g/mol. The molecule has 2 aromatic rings. The van der Waals surface area contributed by atoms with Gasteiger partial charge in [0.15, 0.2) is 5.16 Å². The minimum absolute atomic E-state index is 0.180. The molecule has 0 amide bonds. The molecule has 0 aliphatic carbocycles. The largest absolute Gasteiger partial charge is 0.415 e. The predicted molar refractivity (Wildman–Crippen MR) is 74.1 cm³/mol. The molecule has 0 saturated heterocycles. The lowest BCUT2D eigenvalue weighted by atomic mass is 10.6. The number of hydrogen-bond acceptors (Lipinski definition) is 8. The zero-order valence-corrected chi connectivity index (χ0v) is 11.5. The number of hydrogen-bond donors (Lipinski definition) is 2. The maximum absolute atomic E-state index is 11.2. The minimum atomic E-state index is -0.289. The Balaban J connectivity index is 1.96. The summed E-state index contributed by atoms with van der Waals surface area (Å²) >= 11 is 2.67. The number of thioether (sulfide) groups is 2. The Hall–Kier alpha value is -1.74. The number of H-pyrrole nitrogens is 1. The van der Waals surface area contributed by atoms with Gasteiger partial charge in [0.2, 0.25) is 5.89 Å². The Morgan fingerprint density at radius 2 is 2.32 bits per heavy atom. The molecule has 0 bridgehead atoms. The van der Waals surface area contributed by atoms with Crippen LogP contribution in [0.15, 0.2) is 38.3 Å². The number of aromatic amines is 1. The van der Waals surface area contributed by atoms with E-state index in [1.54, 1.807) is 6.08 Å². The van der Waals surface area contributed by atoms with Crippen molar-refractivity contribution in [2.75, 3.05) is 11.5 Å². The highest BCUT2D eigenvalue weighted by molar-refractivity contribution is 7.99. The molecule has 7 nitrogen and oxygen atoms in total. The van der Waals surface area contributed by atoms with Crippen molar-refractivity contribution in [3.05, 3.63) is 35.0 Å². The van der Waals surface area contributed by atoms with Gasteiger partial charge in [0, 0.05) is 11.8 Å². The number of rotatable bonds is 6. The van der Waals surface area contributed by atoms with Gasteiger partial charge in [-0.25, -0.2) is 4.98 Å². The summed E-state index contributed by atoms with van der Waals surface area (Å²) in [7, 11) is 0. The summed E-state index contributed by atoms with van der Waals surface area (Å²) in [5.41, 5.74) is 5.19. The zero-order valence-electron chi connectivity index (χ0n) is 9.83. The molecule has 3 N–H and O–H groups in total. The van der Waals surface area contributed by atoms with E-state index in [9.17, 15) is 4.79 Å². The molecule has 0 aliphatic heterocycles. The van der Waals surface area contributed by atoms with Crippen molar-refractivity contribution in [2.24, 2.45) is 0 Å². The first-order chi connectivity index (χ1) is 9.17. The van der Waals surface area contributed by atoms with Crippen molar-refractivity contribution in [2.45, 2.75) is 16.1 Å². The first kappa shape index (κ1) is 13.7. The van der Waals surface area contributed by atoms with E-state index < -0.39 is 0 Å². The molecule has 0 saturated carbocycles. The van der Waals surface area contributed by atoms with Crippen LogP contribution >= 0.6 is 23.5 Å². The smallest absolute Gasteiger partial charge is 0.276 e. The van der Waals surface area contributed by atoms with Crippen molar-refractivity contribution in [1.82, 2.24) is 20.2 Å². The van der Waals surface area contributed by atoms with Gasteiger partial charge in [-0.05, 0) is 0 Å². The van der Waals surface area contributed by atoms with Crippen LogP contribution in [0.3, 0.4) is 0 Å². The van der Waals surface area contributed by atoms with E-state index in [2.05, 4.69) is 26.7 Å². The second-order valence-corrected chi connectivity index (χ2v) is 5.26. The first-order valence-corrected chi connectivity index (χ1v) is 7.20. The van der Waals surface area contributed by atoms with Crippen LogP contribution in [0, 0.1) is 0 Å². The van der Waals surface area contributed by atoms with Crippen LogP contribution in [0.5, 0.6) is 0 Å². The van der Waals surface area contributed by atoms with Gasteiger partial charge in [-0.3, -0.25) is 4.79 Å². The third-order valence-electron chi connectivity index (χ3n) is 1.85. The fraction of sp³-hybridized carbons (Fsp3) is 0.200. The summed E-state index contributed by atoms with van der Waals surface area (Å²) in [4.78, 5) is 17.7. The highest BCUT2D eigenvalue weighted by atomic mass is 32.2. The van der Waals surface area contributed by atoms with E-state index in [1.165, 1.54) is 29.6 Å². The lowest BCUT2D eigenvalue weighted by Gasteiger charge is -1.98. The summed E-state index contributed by atoms with van der Waals surface area (Å²) in [5.74, 6) is 1.76. The molecule has 0 atom stereocenters. The van der Waals surface area contributed by atoms with Crippen molar-refractivity contribution in [3.8, 4) is 0 Å². The molecule has 0 radical (unpaired) electrons. The fourth-order valence-corrected chi connectivity index (χ4v) is 2.37. The lowest BCUT2D eigenvalue weighted by molar-refractivity contribution is 0.427. The number of nitrogens with one attached hydrogen (secondary N) is 1. The molecular formula is C10H11N5O2S2. The third kappa shape index (κ3) is 4.14. The summed E-state index contributed by atoms with van der Waals surface area (Å²) < 4.78 is 5.39. The summed E-state index contributed by atoms with van der Waals surface area (Å²) in [5, 5.41) is 8.66. The maximum atomic E-state index is 11.2. The Labute approximate surface area is 117 Å². The summed E-state index contributed by atoms with van der Waals surface area (Å²) in [6.45, 7) is 3.61. The zero-order chi connectivity index (χ0) is 13.7. The third-order valence-corrected chi connectivity index (χ3v) is 3.52. The molecule has 0 fully saturated rings. The highest BCUT2D eigenvalue weighted by Gasteiger charge is 2.08. The van der Waals surface area contributed by atoms with E-state index in [0.29, 0.717) is 27.8 Å². The van der Waals surface area contributed by atoms with Crippen molar-refractivity contribution >= 4 is 29.3 Å². The van der Waals surface area contributed by atoms with Crippen molar-refractivity contribution in [3.63, 3.8) is 0 Å². The van der Waals surface area contributed by atoms with Gasteiger partial charge in [0.25, 0.3) is 10.8 Å². The molecule has 9 heteroatoms. The van der Waals surface area contributed by atoms with Crippen LogP contribution in [0.1, 0.15) is 5.89 Å². The van der Waals surface area contributed by atoms with E-state index in [1.807, 2.05) is 0 Å². The van der Waals surface area contributed by atoms with Gasteiger partial charge >= 0.3 is 0 Å². The second kappa shape index (κ2) is 6.43. The van der Waals surface area contributed by atoms with Crippen molar-refractivity contribution in [1.29, 1.82) is 0 Å². The average molecular weight is 297 g/mol. The van der Waals surface area contributed by atoms with Gasteiger partial charge in [-0.2, -0.15) is 0 Å². The van der Waals surface area contributed by atoms with Crippen LogP contribution in [0.2, 0.25) is 0 Å². The summed E-state index contributed by atoms with van der Waals surface area (Å²) in [6, 6.07) is 1.22. The molecule has 0 unspecified atom stereocenters. The quantitative estimate of drug-likeness (QED) is 0.466. The standard InChI is InChI=1S/C10H11N5O2S2/c1-2-3-18-10-15-14-8(17-10)5-19-9-12-6(11)4-7(16)13-9/h2,4H,1,3,5H2,(H3,11,12,13,16). The maximum Gasteiger partial charge on any atom is 0.276 e. The molecule has 2 heterocycles. The minimum Gasteiger partial charge on any atom is -0.415 e. The normalized spacial score (nSPS) is 10.5. The van der Waals surface area contributed by atoms with Gasteiger partial charge in [-0.15, -0.1) is 16.8 Å². The number of nitrogens with zero attached hydrogens (tertiary/aromatic N) is 3. The molecule has 2 aromatic heterocycles. The van der Waals surface area contributed by atoms with Gasteiger partial charge in [-0.1, -0.05) is 29.6 Å². The topological polar surface area (TPSA) is 111 Å². The Bertz CT molecular complexity index is 624. The number of aromatic nitrogens is 4. The van der Waals surface area contributed by atoms with Crippen LogP contribution in [0.4, 0.5) is 5.82 Å². The first-order valence-electron chi connectivity index (χ1n) is 5.23. The van der Waals surface area contributed by atoms with Crippen LogP contribution in [0.25, 0.3) is 0 Å². The van der Waals surface area contributed by atoms with Crippen LogP contribution in [-0.4, -0.2) is 25.9 Å². The van der Waals surface area contributed by atoms with E-state index >= 15 is 0 Å². The lowest BCUT2D eigenvalue weighted by Crippen LogP contribution is -2.09. The average Bonchev–Trinajstić information content (AvgIpc) is 2.81. The monoisotopic (exact) mass is 297 g/mol. The summed E-state index contributed by atoms with van der Waals surface area (Å²) in [6.07, 6.45) is 1.75. The Kier molecular flexibility index (Phi) is 4.63. The van der Waals surface area contributed by atoms with E-state index in [0.717, 1.165) is 0 Å². The van der Waals surface area contributed by atoms with Gasteiger partial charge in [0.05, 0.1) is 5.75 Å². The molecule has 100 valence electrons. The fourth-order valence-electron chi connectivity index (χ4n) is 1.14. The van der Waals surface area contributed by atoms with E-state index in [4.69, 9.17) is 10.2 Å². The highest BCUT2D eigenvalue weighted by Crippen LogP contribution is 2.21. The Morgan fingerprint density at radius 3 is 3.05 bits per heavy atom. The van der Waals surface area contributed by atoms with Gasteiger partial charge < -0.3 is 15.1 Å². The molecule has 0 aliphatic rings. The number of nitrogens with two attached hydrogens (primary N) is 1. The van der Waals surface area contributed by atoms with Gasteiger partial charge in [0.1, 0.15) is 5.82 Å². The number of anilines is 1. The van der Waals surface area contributed by atoms with Crippen LogP contribution < -0.4 is 11.3 Å². The molecule has 0 aromatic carbocycles. The molecule has 19 heavy (non-hydrogen) atoms. The molecule has 2 rings (SSSR count). The van der Waals surface area contributed by atoms with Crippen LogP contribution in [-0.2, 0) is 5.75 Å².